The van der Waals surface area contributed by atoms with Crippen LogP contribution in [0.2, 0.25) is 5.02 Å². The van der Waals surface area contributed by atoms with E-state index < -0.39 is 10.0 Å². The zero-order valence-corrected chi connectivity index (χ0v) is 18.8. The summed E-state index contributed by atoms with van der Waals surface area (Å²) in [6, 6.07) is 9.82. The number of hydrogen-bond acceptors (Lipinski definition) is 6. The van der Waals surface area contributed by atoms with Crippen molar-refractivity contribution in [2.45, 2.75) is 23.8 Å². The fourth-order valence-electron chi connectivity index (χ4n) is 4.29. The number of morpholine rings is 1. The Balaban J connectivity index is 1.47. The summed E-state index contributed by atoms with van der Waals surface area (Å²) in [6.45, 7) is 1.73. The molecule has 4 heterocycles. The zero-order chi connectivity index (χ0) is 22.3. The van der Waals surface area contributed by atoms with E-state index in [4.69, 9.17) is 16.3 Å². The molecule has 2 aliphatic heterocycles. The van der Waals surface area contributed by atoms with Crippen molar-refractivity contribution in [2.24, 2.45) is 0 Å². The molecule has 2 aromatic heterocycles. The van der Waals surface area contributed by atoms with Gasteiger partial charge in [-0.05, 0) is 43.2 Å². The number of sulfonamides is 1. The minimum atomic E-state index is -3.83. The van der Waals surface area contributed by atoms with Crippen molar-refractivity contribution in [3.8, 4) is 0 Å². The monoisotopic (exact) mass is 475 g/mol. The maximum absolute atomic E-state index is 13.5. The summed E-state index contributed by atoms with van der Waals surface area (Å²) in [4.78, 5) is 15.1. The summed E-state index contributed by atoms with van der Waals surface area (Å²) in [6.07, 6.45) is 3.46. The van der Waals surface area contributed by atoms with Gasteiger partial charge in [-0.3, -0.25) is 9.20 Å². The molecule has 0 N–H and O–H groups in total. The van der Waals surface area contributed by atoms with Crippen LogP contribution in [0.15, 0.2) is 47.5 Å². The molecule has 3 aromatic rings. The highest BCUT2D eigenvalue weighted by molar-refractivity contribution is 7.89. The first-order valence-electron chi connectivity index (χ1n) is 10.4. The number of rotatable bonds is 4. The summed E-state index contributed by atoms with van der Waals surface area (Å²) < 4.78 is 34.8. The Labute approximate surface area is 190 Å². The fourth-order valence-corrected chi connectivity index (χ4v) is 6.20. The lowest BCUT2D eigenvalue weighted by Crippen LogP contribution is -2.40. The molecule has 2 saturated heterocycles. The van der Waals surface area contributed by atoms with Gasteiger partial charge >= 0.3 is 0 Å². The van der Waals surface area contributed by atoms with Gasteiger partial charge in [0, 0.05) is 31.4 Å². The first-order chi connectivity index (χ1) is 15.5. The average molecular weight is 476 g/mol. The molecule has 9 nitrogen and oxygen atoms in total. The zero-order valence-electron chi connectivity index (χ0n) is 17.2. The van der Waals surface area contributed by atoms with Gasteiger partial charge in [0.15, 0.2) is 11.5 Å². The molecule has 0 saturated carbocycles. The molecule has 0 bridgehead atoms. The number of benzene rings is 1. The Hall–Kier alpha value is -2.53. The van der Waals surface area contributed by atoms with E-state index >= 15 is 0 Å². The smallest absolute Gasteiger partial charge is 0.254 e. The molecule has 168 valence electrons. The second-order valence-corrected chi connectivity index (χ2v) is 10.1. The maximum Gasteiger partial charge on any atom is 0.254 e. The summed E-state index contributed by atoms with van der Waals surface area (Å²) in [5.74, 6) is 0.442. The number of carbonyl (C=O) groups is 1. The lowest BCUT2D eigenvalue weighted by molar-refractivity contribution is 0.0725. The Morgan fingerprint density at radius 1 is 1.09 bits per heavy atom. The summed E-state index contributed by atoms with van der Waals surface area (Å²) in [5, 5.41) is 8.61. The van der Waals surface area contributed by atoms with Crippen LogP contribution in [-0.4, -0.2) is 71.0 Å². The number of ether oxygens (including phenoxy) is 1. The van der Waals surface area contributed by atoms with Crippen molar-refractivity contribution in [1.82, 2.24) is 23.8 Å². The number of likely N-dealkylation sites (tertiary alicyclic amines) is 1. The van der Waals surface area contributed by atoms with Crippen LogP contribution in [0, 0.1) is 0 Å². The minimum Gasteiger partial charge on any atom is -0.379 e. The molecular weight excluding hydrogens is 454 g/mol. The molecule has 0 unspecified atom stereocenters. The van der Waals surface area contributed by atoms with Gasteiger partial charge < -0.3 is 9.64 Å². The van der Waals surface area contributed by atoms with Gasteiger partial charge in [-0.2, -0.15) is 4.31 Å². The highest BCUT2D eigenvalue weighted by atomic mass is 35.5. The summed E-state index contributed by atoms with van der Waals surface area (Å²) in [7, 11) is -3.83. The Bertz CT molecular complexity index is 1270. The van der Waals surface area contributed by atoms with E-state index in [-0.39, 0.29) is 40.5 Å². The highest BCUT2D eigenvalue weighted by Gasteiger charge is 2.35. The molecule has 0 aliphatic carbocycles. The van der Waals surface area contributed by atoms with E-state index in [9.17, 15) is 13.2 Å². The van der Waals surface area contributed by atoms with E-state index in [1.165, 1.54) is 16.4 Å². The van der Waals surface area contributed by atoms with Gasteiger partial charge in [-0.15, -0.1) is 10.2 Å². The Morgan fingerprint density at radius 2 is 1.91 bits per heavy atom. The van der Waals surface area contributed by atoms with Crippen molar-refractivity contribution in [3.63, 3.8) is 0 Å². The largest absolute Gasteiger partial charge is 0.379 e. The van der Waals surface area contributed by atoms with E-state index in [0.717, 1.165) is 12.8 Å². The quantitative estimate of drug-likeness (QED) is 0.574. The maximum atomic E-state index is 13.5. The molecule has 11 heteroatoms. The molecule has 32 heavy (non-hydrogen) atoms. The molecule has 2 aliphatic rings. The van der Waals surface area contributed by atoms with Crippen LogP contribution in [0.5, 0.6) is 0 Å². The van der Waals surface area contributed by atoms with Crippen molar-refractivity contribution in [3.05, 3.63) is 59.0 Å². The van der Waals surface area contributed by atoms with E-state index in [0.29, 0.717) is 31.2 Å². The number of amides is 1. The SMILES string of the molecule is O=C(c1ccc(Cl)c(S(=O)(=O)N2CCOCC2)c1)N1CCC[C@H]1c1nnc2ccccn12. The number of hydrogen-bond donors (Lipinski definition) is 0. The summed E-state index contributed by atoms with van der Waals surface area (Å²) in [5.41, 5.74) is 0.995. The van der Waals surface area contributed by atoms with E-state index in [1.54, 1.807) is 11.0 Å². The van der Waals surface area contributed by atoms with Gasteiger partial charge in [-0.25, -0.2) is 8.42 Å². The van der Waals surface area contributed by atoms with Crippen molar-refractivity contribution < 1.29 is 17.9 Å². The molecule has 1 aromatic carbocycles. The Kier molecular flexibility index (Phi) is 5.62. The number of pyridine rings is 1. The van der Waals surface area contributed by atoms with Crippen LogP contribution in [0.4, 0.5) is 0 Å². The van der Waals surface area contributed by atoms with Crippen LogP contribution in [-0.2, 0) is 14.8 Å². The van der Waals surface area contributed by atoms with Gasteiger partial charge in [0.1, 0.15) is 4.90 Å². The van der Waals surface area contributed by atoms with Crippen LogP contribution >= 0.6 is 11.6 Å². The van der Waals surface area contributed by atoms with Crippen LogP contribution in [0.1, 0.15) is 35.1 Å². The molecule has 2 fully saturated rings. The number of halogens is 1. The second-order valence-electron chi connectivity index (χ2n) is 7.81. The number of fused-ring (bicyclic) bond motifs is 1. The normalized spacial score (nSPS) is 20.2. The van der Waals surface area contributed by atoms with Gasteiger partial charge in [0.25, 0.3) is 5.91 Å². The molecule has 1 amide bonds. The minimum absolute atomic E-state index is 0.0596. The first kappa shape index (κ1) is 21.3. The highest BCUT2D eigenvalue weighted by Crippen LogP contribution is 2.34. The van der Waals surface area contributed by atoms with Crippen molar-refractivity contribution in [1.29, 1.82) is 0 Å². The summed E-state index contributed by atoms with van der Waals surface area (Å²) >= 11 is 6.26. The van der Waals surface area contributed by atoms with Crippen LogP contribution in [0.25, 0.3) is 5.65 Å². The standard InChI is InChI=1S/C21H22ClN5O4S/c22-16-7-6-15(14-18(16)32(29,30)25-10-12-31-13-11-25)21(28)26-9-3-4-17(26)20-24-23-19-5-1-2-8-27(19)20/h1-2,5-8,14,17H,3-4,9-13H2/t17-/m0/s1. The first-order valence-corrected chi connectivity index (χ1v) is 12.3. The van der Waals surface area contributed by atoms with Gasteiger partial charge in [-0.1, -0.05) is 17.7 Å². The van der Waals surface area contributed by atoms with Crippen molar-refractivity contribution >= 4 is 33.2 Å². The molecule has 1 atom stereocenters. The topological polar surface area (TPSA) is 97.1 Å². The number of aromatic nitrogens is 3. The van der Waals surface area contributed by atoms with Crippen LogP contribution < -0.4 is 0 Å². The third-order valence-electron chi connectivity index (χ3n) is 5.92. The lowest BCUT2D eigenvalue weighted by atomic mass is 10.1. The van der Waals surface area contributed by atoms with Crippen molar-refractivity contribution in [2.75, 3.05) is 32.8 Å². The molecular formula is C21H22ClN5O4S. The lowest BCUT2D eigenvalue weighted by Gasteiger charge is -2.27. The third kappa shape index (κ3) is 3.66. The molecule has 0 radical (unpaired) electrons. The average Bonchev–Trinajstić information content (AvgIpc) is 3.46. The third-order valence-corrected chi connectivity index (χ3v) is 8.30. The molecule has 0 spiro atoms. The van der Waals surface area contributed by atoms with E-state index in [2.05, 4.69) is 10.2 Å². The number of carbonyl (C=O) groups excluding carboxylic acids is 1. The van der Waals surface area contributed by atoms with Gasteiger partial charge in [0.05, 0.1) is 24.3 Å². The fraction of sp³-hybridized carbons (Fsp3) is 0.381. The molecule has 5 rings (SSSR count). The second kappa shape index (κ2) is 8.43. The predicted molar refractivity (Wildman–Crippen MR) is 117 cm³/mol. The Morgan fingerprint density at radius 3 is 2.72 bits per heavy atom. The van der Waals surface area contributed by atoms with Crippen LogP contribution in [0.3, 0.4) is 0 Å². The number of nitrogens with zero attached hydrogens (tertiary/aromatic N) is 5. The van der Waals surface area contributed by atoms with E-state index in [1.807, 2.05) is 28.8 Å². The predicted octanol–water partition coefficient (Wildman–Crippen LogP) is 2.38. The van der Waals surface area contributed by atoms with Gasteiger partial charge in [0.2, 0.25) is 10.0 Å².